The summed E-state index contributed by atoms with van der Waals surface area (Å²) in [5, 5.41) is 10.4. The van der Waals surface area contributed by atoms with E-state index in [1.165, 1.54) is 23.1 Å². The Labute approximate surface area is 119 Å². The van der Waals surface area contributed by atoms with Gasteiger partial charge in [-0.1, -0.05) is 35.2 Å². The van der Waals surface area contributed by atoms with Crippen LogP contribution in [0.4, 0.5) is 0 Å². The predicted octanol–water partition coefficient (Wildman–Crippen LogP) is 1.96. The highest BCUT2D eigenvalue weighted by Gasteiger charge is 2.05. The first-order valence-electron chi connectivity index (χ1n) is 5.56. The summed E-state index contributed by atoms with van der Waals surface area (Å²) in [5.74, 6) is 1.11. The summed E-state index contributed by atoms with van der Waals surface area (Å²) in [5.41, 5.74) is 2.66. The maximum atomic E-state index is 11.7. The molecule has 0 saturated heterocycles. The van der Waals surface area contributed by atoms with Gasteiger partial charge < -0.3 is 10.1 Å². The van der Waals surface area contributed by atoms with Crippen LogP contribution in [-0.4, -0.2) is 29.0 Å². The van der Waals surface area contributed by atoms with E-state index in [0.29, 0.717) is 12.3 Å². The zero-order valence-corrected chi connectivity index (χ0v) is 12.0. The van der Waals surface area contributed by atoms with Gasteiger partial charge in [0, 0.05) is 6.54 Å². The van der Waals surface area contributed by atoms with E-state index >= 15 is 0 Å². The fourth-order valence-corrected chi connectivity index (χ4v) is 2.71. The molecule has 0 radical (unpaired) electrons. The molecule has 0 bridgehead atoms. The second kappa shape index (κ2) is 7.10. The molecule has 1 aromatic carbocycles. The highest BCUT2D eigenvalue weighted by molar-refractivity contribution is 8.01. The van der Waals surface area contributed by atoms with Crippen LogP contribution in [0.2, 0.25) is 0 Å². The molecule has 5 nitrogen and oxygen atoms in total. The summed E-state index contributed by atoms with van der Waals surface area (Å²) in [4.78, 5) is 11.7. The van der Waals surface area contributed by atoms with Gasteiger partial charge >= 0.3 is 0 Å². The van der Waals surface area contributed by atoms with E-state index in [0.717, 1.165) is 15.7 Å². The lowest BCUT2D eigenvalue weighted by Crippen LogP contribution is -2.24. The van der Waals surface area contributed by atoms with Crippen molar-refractivity contribution in [1.29, 1.82) is 0 Å². The molecule has 1 amide bonds. The summed E-state index contributed by atoms with van der Waals surface area (Å²) < 4.78 is 5.93. The Morgan fingerprint density at radius 1 is 1.53 bits per heavy atom. The second-order valence-electron chi connectivity index (χ2n) is 3.62. The molecule has 1 heterocycles. The zero-order valence-electron chi connectivity index (χ0n) is 10.3. The van der Waals surface area contributed by atoms with Gasteiger partial charge in [0.2, 0.25) is 5.91 Å². The van der Waals surface area contributed by atoms with Crippen molar-refractivity contribution in [3.05, 3.63) is 35.3 Å². The molecule has 0 spiro atoms. The number of ether oxygens (including phenoxy) is 1. The molecule has 2 rings (SSSR count). The van der Waals surface area contributed by atoms with E-state index in [1.807, 2.05) is 24.3 Å². The highest BCUT2D eigenvalue weighted by atomic mass is 32.2. The number of benzene rings is 1. The minimum atomic E-state index is -0.0250. The first kappa shape index (κ1) is 13.8. The van der Waals surface area contributed by atoms with Crippen molar-refractivity contribution in [2.24, 2.45) is 0 Å². The van der Waals surface area contributed by atoms with Crippen LogP contribution in [0, 0.1) is 0 Å². The number of hydrogen-bond acceptors (Lipinski definition) is 6. The number of hydrogen-bond donors (Lipinski definition) is 1. The summed E-state index contributed by atoms with van der Waals surface area (Å²) >= 11 is 2.81. The van der Waals surface area contributed by atoms with Gasteiger partial charge in [0.25, 0.3) is 0 Å². The van der Waals surface area contributed by atoms with Gasteiger partial charge in [0.15, 0.2) is 4.34 Å². The first-order chi connectivity index (χ1) is 9.28. The number of aromatic nitrogens is 2. The Morgan fingerprint density at radius 2 is 2.42 bits per heavy atom. The maximum absolute atomic E-state index is 11.7. The number of carbonyl (C=O) groups is 1. The van der Waals surface area contributed by atoms with Crippen LogP contribution in [0.15, 0.2) is 34.1 Å². The van der Waals surface area contributed by atoms with Crippen molar-refractivity contribution in [3.8, 4) is 5.75 Å². The van der Waals surface area contributed by atoms with Crippen molar-refractivity contribution in [1.82, 2.24) is 15.5 Å². The van der Waals surface area contributed by atoms with Crippen molar-refractivity contribution < 1.29 is 9.53 Å². The summed E-state index contributed by atoms with van der Waals surface area (Å²) in [6, 6.07) is 7.62. The standard InChI is InChI=1S/C12H13N3O2S2/c1-17-10-4-2-3-9(5-10)6-13-11(16)7-18-12-15-14-8-19-12/h2-5,8H,6-7H2,1H3,(H,13,16). The molecule has 0 aliphatic rings. The first-order valence-corrected chi connectivity index (χ1v) is 7.43. The molecule has 0 saturated carbocycles. The quantitative estimate of drug-likeness (QED) is 0.825. The van der Waals surface area contributed by atoms with Crippen LogP contribution < -0.4 is 10.1 Å². The van der Waals surface area contributed by atoms with Crippen LogP contribution in [-0.2, 0) is 11.3 Å². The lowest BCUT2D eigenvalue weighted by Gasteiger charge is -2.06. The number of nitrogens with one attached hydrogen (secondary N) is 1. The number of methoxy groups -OCH3 is 1. The molecule has 100 valence electrons. The third kappa shape index (κ3) is 4.53. The van der Waals surface area contributed by atoms with E-state index < -0.39 is 0 Å². The van der Waals surface area contributed by atoms with Gasteiger partial charge in [-0.25, -0.2) is 0 Å². The van der Waals surface area contributed by atoms with Gasteiger partial charge in [-0.05, 0) is 17.7 Å². The van der Waals surface area contributed by atoms with Crippen LogP contribution in [0.25, 0.3) is 0 Å². The lowest BCUT2D eigenvalue weighted by molar-refractivity contribution is -0.118. The average Bonchev–Trinajstić information content (AvgIpc) is 2.96. The Hall–Kier alpha value is -1.60. The number of thioether (sulfide) groups is 1. The number of amides is 1. The summed E-state index contributed by atoms with van der Waals surface area (Å²) in [7, 11) is 1.62. The van der Waals surface area contributed by atoms with Gasteiger partial charge in [0.1, 0.15) is 11.3 Å². The minimum Gasteiger partial charge on any atom is -0.497 e. The van der Waals surface area contributed by atoms with Gasteiger partial charge in [-0.15, -0.1) is 10.2 Å². The molecule has 0 fully saturated rings. The third-order valence-electron chi connectivity index (χ3n) is 2.29. The van der Waals surface area contributed by atoms with Crippen molar-refractivity contribution in [2.45, 2.75) is 10.9 Å². The Morgan fingerprint density at radius 3 is 3.16 bits per heavy atom. The maximum Gasteiger partial charge on any atom is 0.230 e. The highest BCUT2D eigenvalue weighted by Crippen LogP contribution is 2.18. The minimum absolute atomic E-state index is 0.0250. The van der Waals surface area contributed by atoms with Crippen molar-refractivity contribution in [3.63, 3.8) is 0 Å². The monoisotopic (exact) mass is 295 g/mol. The zero-order chi connectivity index (χ0) is 13.5. The fourth-order valence-electron chi connectivity index (χ4n) is 1.39. The Balaban J connectivity index is 1.76. The lowest BCUT2D eigenvalue weighted by atomic mass is 10.2. The number of rotatable bonds is 6. The molecule has 2 aromatic rings. The number of carbonyl (C=O) groups excluding carboxylic acids is 1. The molecule has 0 aliphatic carbocycles. The smallest absolute Gasteiger partial charge is 0.230 e. The van der Waals surface area contributed by atoms with E-state index in [1.54, 1.807) is 12.6 Å². The molecule has 0 aliphatic heterocycles. The Kier molecular flexibility index (Phi) is 5.17. The molecule has 0 atom stereocenters. The van der Waals surface area contributed by atoms with E-state index in [4.69, 9.17) is 4.74 Å². The Bertz CT molecular complexity index is 532. The molecule has 19 heavy (non-hydrogen) atoms. The normalized spacial score (nSPS) is 10.2. The summed E-state index contributed by atoms with van der Waals surface area (Å²) in [6.07, 6.45) is 0. The van der Waals surface area contributed by atoms with Crippen molar-refractivity contribution >= 4 is 29.0 Å². The predicted molar refractivity (Wildman–Crippen MR) is 75.5 cm³/mol. The number of nitrogens with zero attached hydrogens (tertiary/aromatic N) is 2. The van der Waals surface area contributed by atoms with Gasteiger partial charge in [-0.2, -0.15) is 0 Å². The fraction of sp³-hybridized carbons (Fsp3) is 0.250. The molecule has 1 N–H and O–H groups in total. The summed E-state index contributed by atoms with van der Waals surface area (Å²) in [6.45, 7) is 0.493. The van der Waals surface area contributed by atoms with Crippen LogP contribution >= 0.6 is 23.1 Å². The third-order valence-corrected chi connectivity index (χ3v) is 4.15. The van der Waals surface area contributed by atoms with Gasteiger partial charge in [-0.3, -0.25) is 4.79 Å². The van der Waals surface area contributed by atoms with Crippen LogP contribution in [0.3, 0.4) is 0 Å². The van der Waals surface area contributed by atoms with E-state index in [-0.39, 0.29) is 5.91 Å². The molecular weight excluding hydrogens is 282 g/mol. The largest absolute Gasteiger partial charge is 0.497 e. The van der Waals surface area contributed by atoms with E-state index in [9.17, 15) is 4.79 Å². The topological polar surface area (TPSA) is 64.1 Å². The van der Waals surface area contributed by atoms with Gasteiger partial charge in [0.05, 0.1) is 12.9 Å². The molecule has 1 aromatic heterocycles. The molecule has 7 heteroatoms. The van der Waals surface area contributed by atoms with Crippen LogP contribution in [0.1, 0.15) is 5.56 Å². The SMILES string of the molecule is COc1cccc(CNC(=O)CSc2nncs2)c1. The van der Waals surface area contributed by atoms with Crippen molar-refractivity contribution in [2.75, 3.05) is 12.9 Å². The average molecular weight is 295 g/mol. The van der Waals surface area contributed by atoms with Crippen LogP contribution in [0.5, 0.6) is 5.75 Å². The molecule has 0 unspecified atom stereocenters. The second-order valence-corrected chi connectivity index (χ2v) is 5.68. The van der Waals surface area contributed by atoms with E-state index in [2.05, 4.69) is 15.5 Å². The molecular formula is C12H13N3O2S2.